The van der Waals surface area contributed by atoms with Gasteiger partial charge in [0.2, 0.25) is 11.9 Å². The van der Waals surface area contributed by atoms with Gasteiger partial charge in [0, 0.05) is 19.8 Å². The minimum atomic E-state index is 0.255. The fourth-order valence-electron chi connectivity index (χ4n) is 1.71. The average molecular weight is 319 g/mol. The second-order valence-electron chi connectivity index (χ2n) is 5.02. The molecule has 22 heavy (non-hydrogen) atoms. The lowest BCUT2D eigenvalue weighted by atomic mass is 10.2. The van der Waals surface area contributed by atoms with E-state index < -0.39 is 0 Å². The molecule has 1 aromatic carbocycles. The summed E-state index contributed by atoms with van der Waals surface area (Å²) in [5.41, 5.74) is 6.92. The quantitative estimate of drug-likeness (QED) is 0.783. The second kappa shape index (κ2) is 7.84. The molecule has 2 rings (SSSR count). The van der Waals surface area contributed by atoms with Crippen LogP contribution in [0.5, 0.6) is 5.75 Å². The van der Waals surface area contributed by atoms with E-state index in [1.54, 1.807) is 11.8 Å². The van der Waals surface area contributed by atoms with Gasteiger partial charge < -0.3 is 15.4 Å². The third-order valence-electron chi connectivity index (χ3n) is 2.84. The molecule has 0 fully saturated rings. The highest BCUT2D eigenvalue weighted by Crippen LogP contribution is 2.14. The Morgan fingerprint density at radius 2 is 1.86 bits per heavy atom. The molecule has 0 saturated heterocycles. The number of nitrogens with two attached hydrogens (primary N) is 1. The molecular formula is C15H21N5OS. The maximum absolute atomic E-state index is 5.69. The molecule has 0 radical (unpaired) electrons. The van der Waals surface area contributed by atoms with Crippen LogP contribution < -0.4 is 15.4 Å². The highest BCUT2D eigenvalue weighted by atomic mass is 32.2. The molecule has 0 spiro atoms. The van der Waals surface area contributed by atoms with Crippen molar-refractivity contribution < 1.29 is 4.74 Å². The van der Waals surface area contributed by atoms with Gasteiger partial charge in [-0.05, 0) is 19.1 Å². The van der Waals surface area contributed by atoms with Gasteiger partial charge in [0.05, 0.1) is 12.4 Å². The second-order valence-corrected chi connectivity index (χ2v) is 6.12. The van der Waals surface area contributed by atoms with Crippen LogP contribution in [0.3, 0.4) is 0 Å². The van der Waals surface area contributed by atoms with Crippen molar-refractivity contribution in [3.8, 4) is 5.75 Å². The van der Waals surface area contributed by atoms with Crippen molar-refractivity contribution in [1.82, 2.24) is 15.0 Å². The Kier molecular flexibility index (Phi) is 5.83. The first kappa shape index (κ1) is 16.4. The van der Waals surface area contributed by atoms with Gasteiger partial charge in [-0.2, -0.15) is 26.7 Å². The first-order valence-electron chi connectivity index (χ1n) is 6.99. The fraction of sp³-hybridized carbons (Fsp3) is 0.400. The number of rotatable bonds is 7. The van der Waals surface area contributed by atoms with Gasteiger partial charge in [0.25, 0.3) is 0 Å². The van der Waals surface area contributed by atoms with Gasteiger partial charge in [-0.15, -0.1) is 0 Å². The average Bonchev–Trinajstić information content (AvgIpc) is 2.48. The maximum atomic E-state index is 5.69. The van der Waals surface area contributed by atoms with E-state index in [1.807, 2.05) is 43.3 Å². The van der Waals surface area contributed by atoms with Crippen molar-refractivity contribution in [3.63, 3.8) is 0 Å². The monoisotopic (exact) mass is 319 g/mol. The Balaban J connectivity index is 1.75. The van der Waals surface area contributed by atoms with Crippen LogP contribution in [0.4, 0.5) is 11.9 Å². The van der Waals surface area contributed by atoms with Gasteiger partial charge in [0.15, 0.2) is 0 Å². The number of nitrogens with zero attached hydrogens (tertiary/aromatic N) is 4. The van der Waals surface area contributed by atoms with Crippen LogP contribution in [-0.4, -0.2) is 41.4 Å². The molecule has 0 amide bonds. The van der Waals surface area contributed by atoms with E-state index in [4.69, 9.17) is 10.5 Å². The maximum Gasteiger partial charge on any atom is 0.229 e. The molecule has 2 N–H and O–H groups in total. The van der Waals surface area contributed by atoms with Gasteiger partial charge in [-0.1, -0.05) is 17.7 Å². The summed E-state index contributed by atoms with van der Waals surface area (Å²) in [6.07, 6.45) is 0. The summed E-state index contributed by atoms with van der Waals surface area (Å²) in [7, 11) is 3.75. The van der Waals surface area contributed by atoms with Gasteiger partial charge in [-0.25, -0.2) is 0 Å². The van der Waals surface area contributed by atoms with Crippen LogP contribution in [0.25, 0.3) is 0 Å². The predicted molar refractivity (Wildman–Crippen MR) is 91.4 cm³/mol. The Morgan fingerprint density at radius 3 is 2.55 bits per heavy atom. The number of nitrogen functional groups attached to an aromatic ring is 1. The normalized spacial score (nSPS) is 10.5. The summed E-state index contributed by atoms with van der Waals surface area (Å²) < 4.78 is 5.68. The standard InChI is InChI=1S/C15H21N5OS/c1-11-4-6-12(7-5-11)21-8-9-22-10-13-17-14(16)19-15(18-13)20(2)3/h4-7H,8-10H2,1-3H3,(H2,16,17,18,19). The zero-order valence-electron chi connectivity index (χ0n) is 13.1. The Bertz CT molecular complexity index is 603. The third-order valence-corrected chi connectivity index (χ3v) is 3.75. The van der Waals surface area contributed by atoms with Crippen LogP contribution in [0, 0.1) is 6.92 Å². The summed E-state index contributed by atoms with van der Waals surface area (Å²) in [5.74, 6) is 3.97. The number of ether oxygens (including phenoxy) is 1. The molecule has 0 aliphatic carbocycles. The Hall–Kier alpha value is -2.02. The summed E-state index contributed by atoms with van der Waals surface area (Å²) in [5, 5.41) is 0. The molecule has 0 unspecified atom stereocenters. The van der Waals surface area contributed by atoms with Crippen molar-refractivity contribution in [2.45, 2.75) is 12.7 Å². The molecule has 1 aromatic heterocycles. The number of anilines is 2. The lowest BCUT2D eigenvalue weighted by Crippen LogP contribution is -2.16. The number of benzene rings is 1. The number of thioether (sulfide) groups is 1. The smallest absolute Gasteiger partial charge is 0.229 e. The summed E-state index contributed by atoms with van der Waals surface area (Å²) >= 11 is 1.71. The number of hydrogen-bond acceptors (Lipinski definition) is 7. The molecule has 7 heteroatoms. The molecule has 0 saturated carbocycles. The van der Waals surface area contributed by atoms with E-state index in [2.05, 4.69) is 21.9 Å². The van der Waals surface area contributed by atoms with Gasteiger partial charge >= 0.3 is 0 Å². The summed E-state index contributed by atoms with van der Waals surface area (Å²) in [4.78, 5) is 14.4. The van der Waals surface area contributed by atoms with E-state index >= 15 is 0 Å². The van der Waals surface area contributed by atoms with E-state index in [1.165, 1.54) is 5.56 Å². The molecule has 0 bridgehead atoms. The van der Waals surface area contributed by atoms with Gasteiger partial charge in [0.1, 0.15) is 11.6 Å². The molecule has 0 aliphatic heterocycles. The van der Waals surface area contributed by atoms with Crippen molar-refractivity contribution in [3.05, 3.63) is 35.7 Å². The van der Waals surface area contributed by atoms with Crippen LogP contribution in [0.15, 0.2) is 24.3 Å². The third kappa shape index (κ3) is 5.07. The molecule has 0 aliphatic rings. The number of aryl methyl sites for hydroxylation is 1. The highest BCUT2D eigenvalue weighted by molar-refractivity contribution is 7.98. The fourth-order valence-corrected chi connectivity index (χ4v) is 2.36. The summed E-state index contributed by atoms with van der Waals surface area (Å²) in [6.45, 7) is 2.71. The zero-order valence-corrected chi connectivity index (χ0v) is 13.9. The van der Waals surface area contributed by atoms with Crippen molar-refractivity contribution in [2.75, 3.05) is 37.1 Å². The lowest BCUT2D eigenvalue weighted by molar-refractivity contribution is 0.344. The minimum absolute atomic E-state index is 0.255. The molecule has 118 valence electrons. The van der Waals surface area contributed by atoms with E-state index in [9.17, 15) is 0 Å². The molecule has 0 atom stereocenters. The lowest BCUT2D eigenvalue weighted by Gasteiger charge is -2.11. The van der Waals surface area contributed by atoms with E-state index in [0.717, 1.165) is 11.5 Å². The molecular weight excluding hydrogens is 298 g/mol. The molecule has 6 nitrogen and oxygen atoms in total. The van der Waals surface area contributed by atoms with E-state index in [-0.39, 0.29) is 5.95 Å². The zero-order chi connectivity index (χ0) is 15.9. The van der Waals surface area contributed by atoms with Crippen molar-refractivity contribution >= 4 is 23.7 Å². The Labute approximate surface area is 135 Å². The van der Waals surface area contributed by atoms with Gasteiger partial charge in [-0.3, -0.25) is 0 Å². The predicted octanol–water partition coefficient (Wildman–Crippen LogP) is 2.14. The molecule has 1 heterocycles. The molecule has 2 aromatic rings. The topological polar surface area (TPSA) is 77.2 Å². The minimum Gasteiger partial charge on any atom is -0.493 e. The summed E-state index contributed by atoms with van der Waals surface area (Å²) in [6, 6.07) is 8.05. The number of aromatic nitrogens is 3. The van der Waals surface area contributed by atoms with E-state index in [0.29, 0.717) is 24.1 Å². The van der Waals surface area contributed by atoms with Crippen molar-refractivity contribution in [1.29, 1.82) is 0 Å². The van der Waals surface area contributed by atoms with Crippen molar-refractivity contribution in [2.24, 2.45) is 0 Å². The van der Waals surface area contributed by atoms with Crippen LogP contribution >= 0.6 is 11.8 Å². The Morgan fingerprint density at radius 1 is 1.14 bits per heavy atom. The van der Waals surface area contributed by atoms with Crippen LogP contribution in [-0.2, 0) is 5.75 Å². The largest absolute Gasteiger partial charge is 0.493 e. The SMILES string of the molecule is Cc1ccc(OCCSCc2nc(N)nc(N(C)C)n2)cc1. The first-order valence-corrected chi connectivity index (χ1v) is 8.15. The highest BCUT2D eigenvalue weighted by Gasteiger charge is 2.06. The van der Waals surface area contributed by atoms with Crippen LogP contribution in [0.1, 0.15) is 11.4 Å². The first-order chi connectivity index (χ1) is 10.5. The van der Waals surface area contributed by atoms with Crippen LogP contribution in [0.2, 0.25) is 0 Å². The number of hydrogen-bond donors (Lipinski definition) is 1.